The minimum Gasteiger partial charge on any atom is -0.480 e. The molecule has 21 heavy (non-hydrogen) atoms. The van der Waals surface area contributed by atoms with E-state index in [0.29, 0.717) is 5.75 Å². The summed E-state index contributed by atoms with van der Waals surface area (Å²) >= 11 is 0. The second-order valence-electron chi connectivity index (χ2n) is 4.21. The number of carbonyl (C=O) groups is 2. The third-order valence-electron chi connectivity index (χ3n) is 2.42. The zero-order chi connectivity index (χ0) is 15.7. The summed E-state index contributed by atoms with van der Waals surface area (Å²) in [6.45, 7) is 0.190. The summed E-state index contributed by atoms with van der Waals surface area (Å²) in [5.74, 6) is -0.930. The maximum absolute atomic E-state index is 11.7. The van der Waals surface area contributed by atoms with Crippen molar-refractivity contribution in [3.05, 3.63) is 35.9 Å². The van der Waals surface area contributed by atoms with E-state index in [1.165, 1.54) is 21.6 Å². The Morgan fingerprint density at radius 1 is 1.10 bits per heavy atom. The lowest BCUT2D eigenvalue weighted by Gasteiger charge is -2.11. The van der Waals surface area contributed by atoms with E-state index in [0.717, 1.165) is 5.56 Å². The van der Waals surface area contributed by atoms with Gasteiger partial charge in [-0.3, -0.25) is 9.59 Å². The molecule has 0 heterocycles. The SMILES string of the molecule is N[C@@H](CSSC[C@H](N)C(=O)OCc1ccccc1)C(=O)O. The van der Waals surface area contributed by atoms with E-state index in [2.05, 4.69) is 0 Å². The van der Waals surface area contributed by atoms with Gasteiger partial charge in [-0.05, 0) is 5.56 Å². The van der Waals surface area contributed by atoms with Gasteiger partial charge in [-0.25, -0.2) is 0 Å². The molecule has 1 aromatic rings. The van der Waals surface area contributed by atoms with Crippen molar-refractivity contribution in [1.82, 2.24) is 0 Å². The van der Waals surface area contributed by atoms with Crippen LogP contribution in [0.15, 0.2) is 30.3 Å². The van der Waals surface area contributed by atoms with E-state index in [9.17, 15) is 9.59 Å². The lowest BCUT2D eigenvalue weighted by atomic mass is 10.2. The van der Waals surface area contributed by atoms with Gasteiger partial charge in [-0.15, -0.1) is 0 Å². The van der Waals surface area contributed by atoms with Crippen molar-refractivity contribution >= 4 is 33.5 Å². The Labute approximate surface area is 131 Å². The van der Waals surface area contributed by atoms with Crippen LogP contribution in [0.2, 0.25) is 0 Å². The maximum atomic E-state index is 11.7. The van der Waals surface area contributed by atoms with Gasteiger partial charge in [-0.1, -0.05) is 51.9 Å². The van der Waals surface area contributed by atoms with Crippen LogP contribution in [0, 0.1) is 0 Å². The lowest BCUT2D eigenvalue weighted by molar-refractivity contribution is -0.146. The van der Waals surface area contributed by atoms with Gasteiger partial charge >= 0.3 is 11.9 Å². The molecule has 0 fully saturated rings. The molecule has 0 saturated carbocycles. The first-order valence-electron chi connectivity index (χ1n) is 6.19. The molecular weight excluding hydrogens is 312 g/mol. The van der Waals surface area contributed by atoms with Gasteiger partial charge in [0.15, 0.2) is 0 Å². The highest BCUT2D eigenvalue weighted by atomic mass is 33.1. The van der Waals surface area contributed by atoms with Crippen molar-refractivity contribution < 1.29 is 19.4 Å². The van der Waals surface area contributed by atoms with Gasteiger partial charge in [0.2, 0.25) is 0 Å². The van der Waals surface area contributed by atoms with E-state index in [1.54, 1.807) is 0 Å². The van der Waals surface area contributed by atoms with E-state index < -0.39 is 24.0 Å². The smallest absolute Gasteiger partial charge is 0.324 e. The second kappa shape index (κ2) is 9.67. The largest absolute Gasteiger partial charge is 0.480 e. The summed E-state index contributed by atoms with van der Waals surface area (Å²) in [6, 6.07) is 7.67. The highest BCUT2D eigenvalue weighted by Gasteiger charge is 2.16. The Morgan fingerprint density at radius 2 is 1.67 bits per heavy atom. The van der Waals surface area contributed by atoms with Crippen molar-refractivity contribution in [1.29, 1.82) is 0 Å². The van der Waals surface area contributed by atoms with Crippen molar-refractivity contribution in [2.24, 2.45) is 11.5 Å². The molecule has 0 amide bonds. The number of carbonyl (C=O) groups excluding carboxylic acids is 1. The first-order chi connectivity index (χ1) is 10.0. The first kappa shape index (κ1) is 17.8. The lowest BCUT2D eigenvalue weighted by Crippen LogP contribution is -2.34. The van der Waals surface area contributed by atoms with Crippen LogP contribution in [0.1, 0.15) is 5.56 Å². The van der Waals surface area contributed by atoms with Crippen molar-refractivity contribution in [3.63, 3.8) is 0 Å². The molecule has 0 radical (unpaired) electrons. The van der Waals surface area contributed by atoms with E-state index in [4.69, 9.17) is 21.3 Å². The quantitative estimate of drug-likeness (QED) is 0.347. The highest BCUT2D eigenvalue weighted by Crippen LogP contribution is 2.22. The number of carboxylic acid groups (broad SMARTS) is 1. The van der Waals surface area contributed by atoms with Crippen LogP contribution in [0.4, 0.5) is 0 Å². The first-order valence-corrected chi connectivity index (χ1v) is 8.68. The summed E-state index contributed by atoms with van der Waals surface area (Å²) in [6.07, 6.45) is 0. The highest BCUT2D eigenvalue weighted by molar-refractivity contribution is 8.76. The minimum atomic E-state index is -1.05. The average Bonchev–Trinajstić information content (AvgIpc) is 2.49. The van der Waals surface area contributed by atoms with E-state index >= 15 is 0 Å². The monoisotopic (exact) mass is 330 g/mol. The number of esters is 1. The van der Waals surface area contributed by atoms with Crippen LogP contribution in [-0.2, 0) is 20.9 Å². The second-order valence-corrected chi connectivity index (χ2v) is 6.77. The molecule has 1 aromatic carbocycles. The Bertz CT molecular complexity index is 459. The number of carboxylic acids is 1. The summed E-state index contributed by atoms with van der Waals surface area (Å²) in [5, 5.41) is 8.61. The molecule has 1 rings (SSSR count). The zero-order valence-electron chi connectivity index (χ0n) is 11.3. The minimum absolute atomic E-state index is 0.190. The molecule has 116 valence electrons. The van der Waals surface area contributed by atoms with Crippen LogP contribution < -0.4 is 11.5 Å². The predicted octanol–water partition coefficient (Wildman–Crippen LogP) is 0.850. The zero-order valence-corrected chi connectivity index (χ0v) is 12.9. The van der Waals surface area contributed by atoms with Gasteiger partial charge < -0.3 is 21.3 Å². The number of benzene rings is 1. The Kier molecular flexibility index (Phi) is 8.21. The molecule has 0 bridgehead atoms. The molecule has 0 saturated heterocycles. The van der Waals surface area contributed by atoms with Crippen LogP contribution in [-0.4, -0.2) is 40.6 Å². The number of hydrogen-bond acceptors (Lipinski definition) is 7. The molecule has 5 N–H and O–H groups in total. The van der Waals surface area contributed by atoms with Gasteiger partial charge in [0.1, 0.15) is 18.7 Å². The number of hydrogen-bond donors (Lipinski definition) is 3. The molecule has 0 unspecified atom stereocenters. The van der Waals surface area contributed by atoms with Crippen LogP contribution >= 0.6 is 21.6 Å². The Balaban J connectivity index is 2.18. The Morgan fingerprint density at radius 3 is 2.24 bits per heavy atom. The molecule has 0 aliphatic rings. The average molecular weight is 330 g/mol. The standard InChI is InChI=1S/C13H18N2O4S2/c14-10(12(16)17)7-20-21-8-11(15)13(18)19-6-9-4-2-1-3-5-9/h1-5,10-11H,6-8,14-15H2,(H,16,17)/t10-,11-/m0/s1. The predicted molar refractivity (Wildman–Crippen MR) is 84.7 cm³/mol. The van der Waals surface area contributed by atoms with Crippen LogP contribution in [0.25, 0.3) is 0 Å². The van der Waals surface area contributed by atoms with Gasteiger partial charge in [0.25, 0.3) is 0 Å². The van der Waals surface area contributed by atoms with E-state index in [-0.39, 0.29) is 12.4 Å². The molecule has 6 nitrogen and oxygen atoms in total. The maximum Gasteiger partial charge on any atom is 0.324 e. The summed E-state index contributed by atoms with van der Waals surface area (Å²) < 4.78 is 5.10. The van der Waals surface area contributed by atoms with Crippen molar-refractivity contribution in [2.75, 3.05) is 11.5 Å². The molecular formula is C13H18N2O4S2. The topological polar surface area (TPSA) is 116 Å². The fraction of sp³-hybridized carbons (Fsp3) is 0.385. The van der Waals surface area contributed by atoms with Crippen molar-refractivity contribution in [3.8, 4) is 0 Å². The molecule has 8 heteroatoms. The third kappa shape index (κ3) is 7.37. The van der Waals surface area contributed by atoms with Gasteiger partial charge in [0.05, 0.1) is 0 Å². The molecule has 0 aliphatic heterocycles. The number of nitrogens with two attached hydrogens (primary N) is 2. The summed E-state index contributed by atoms with van der Waals surface area (Å²) in [5.41, 5.74) is 11.9. The molecule has 0 aliphatic carbocycles. The normalized spacial score (nSPS) is 13.4. The fourth-order valence-corrected chi connectivity index (χ4v) is 3.44. The fourth-order valence-electron chi connectivity index (χ4n) is 1.22. The van der Waals surface area contributed by atoms with Crippen LogP contribution in [0.5, 0.6) is 0 Å². The number of ether oxygens (including phenoxy) is 1. The third-order valence-corrected chi connectivity index (χ3v) is 4.90. The summed E-state index contributed by atoms with van der Waals surface area (Å²) in [4.78, 5) is 22.2. The van der Waals surface area contributed by atoms with E-state index in [1.807, 2.05) is 30.3 Å². The summed E-state index contributed by atoms with van der Waals surface area (Å²) in [7, 11) is 2.58. The number of aliphatic carboxylic acids is 1. The van der Waals surface area contributed by atoms with Crippen molar-refractivity contribution in [2.45, 2.75) is 18.7 Å². The molecule has 0 spiro atoms. The van der Waals surface area contributed by atoms with Crippen LogP contribution in [0.3, 0.4) is 0 Å². The Hall–Kier alpha value is -1.22. The molecule has 0 aromatic heterocycles. The molecule has 2 atom stereocenters. The van der Waals surface area contributed by atoms with Gasteiger partial charge in [-0.2, -0.15) is 0 Å². The van der Waals surface area contributed by atoms with Gasteiger partial charge in [0, 0.05) is 11.5 Å². The number of rotatable bonds is 9.